The smallest absolute Gasteiger partial charge is 0.155 e. The Kier molecular flexibility index (Phi) is 3.09. The van der Waals surface area contributed by atoms with Crippen LogP contribution >= 0.6 is 0 Å². The van der Waals surface area contributed by atoms with E-state index in [0.717, 1.165) is 25.7 Å². The molecule has 0 atom stereocenters. The van der Waals surface area contributed by atoms with Gasteiger partial charge in [-0.2, -0.15) is 0 Å². The Morgan fingerprint density at radius 2 is 2.27 bits per heavy atom. The monoisotopic (exact) mass is 150 g/mol. The van der Waals surface area contributed by atoms with Crippen molar-refractivity contribution in [1.29, 1.82) is 0 Å². The summed E-state index contributed by atoms with van der Waals surface area (Å²) < 4.78 is 0. The summed E-state index contributed by atoms with van der Waals surface area (Å²) in [6.45, 7) is 2.12. The Hall–Kier alpha value is -0.850. The van der Waals surface area contributed by atoms with E-state index in [9.17, 15) is 4.79 Å². The SMILES string of the molecule is CC/C=C\CC1=CC(=O)CC1. The fourth-order valence-corrected chi connectivity index (χ4v) is 1.22. The fourth-order valence-electron chi connectivity index (χ4n) is 1.22. The molecule has 0 amide bonds. The average molecular weight is 150 g/mol. The highest BCUT2D eigenvalue weighted by molar-refractivity contribution is 5.92. The molecule has 1 aliphatic carbocycles. The van der Waals surface area contributed by atoms with Crippen LogP contribution < -0.4 is 0 Å². The second-order valence-electron chi connectivity index (χ2n) is 2.85. The highest BCUT2D eigenvalue weighted by atomic mass is 16.1. The van der Waals surface area contributed by atoms with Crippen LogP contribution in [0.1, 0.15) is 32.6 Å². The van der Waals surface area contributed by atoms with Crippen molar-refractivity contribution in [2.45, 2.75) is 32.6 Å². The number of hydrogen-bond donors (Lipinski definition) is 0. The normalized spacial score (nSPS) is 17.9. The van der Waals surface area contributed by atoms with E-state index >= 15 is 0 Å². The molecule has 11 heavy (non-hydrogen) atoms. The summed E-state index contributed by atoms with van der Waals surface area (Å²) in [5.74, 6) is 0.296. The molecule has 0 saturated heterocycles. The van der Waals surface area contributed by atoms with Crippen LogP contribution in [-0.2, 0) is 4.79 Å². The maximum atomic E-state index is 10.8. The number of ketones is 1. The number of carbonyl (C=O) groups is 1. The van der Waals surface area contributed by atoms with Gasteiger partial charge in [-0.15, -0.1) is 0 Å². The Labute approximate surface area is 67.8 Å². The van der Waals surface area contributed by atoms with Gasteiger partial charge in [0.1, 0.15) is 0 Å². The van der Waals surface area contributed by atoms with E-state index in [1.165, 1.54) is 5.57 Å². The number of carbonyl (C=O) groups excluding carboxylic acids is 1. The number of allylic oxidation sites excluding steroid dienone is 4. The molecule has 0 spiro atoms. The molecule has 60 valence electrons. The molecule has 1 aliphatic rings. The lowest BCUT2D eigenvalue weighted by molar-refractivity contribution is -0.114. The highest BCUT2D eigenvalue weighted by Gasteiger charge is 2.09. The van der Waals surface area contributed by atoms with Crippen LogP contribution in [0.25, 0.3) is 0 Å². The van der Waals surface area contributed by atoms with Crippen molar-refractivity contribution in [3.63, 3.8) is 0 Å². The van der Waals surface area contributed by atoms with Crippen LogP contribution in [0, 0.1) is 0 Å². The second-order valence-corrected chi connectivity index (χ2v) is 2.85. The van der Waals surface area contributed by atoms with Crippen LogP contribution in [0.3, 0.4) is 0 Å². The lowest BCUT2D eigenvalue weighted by atomic mass is 10.1. The first-order valence-corrected chi connectivity index (χ1v) is 4.20. The molecule has 0 aromatic heterocycles. The quantitative estimate of drug-likeness (QED) is 0.565. The molecule has 0 unspecified atom stereocenters. The van der Waals surface area contributed by atoms with Gasteiger partial charge in [-0.1, -0.05) is 24.6 Å². The molecule has 0 aliphatic heterocycles. The molecule has 0 aromatic rings. The predicted octanol–water partition coefficient (Wildman–Crippen LogP) is 2.63. The van der Waals surface area contributed by atoms with Gasteiger partial charge in [0.2, 0.25) is 0 Å². The minimum atomic E-state index is 0.296. The zero-order chi connectivity index (χ0) is 8.10. The molecule has 1 heteroatoms. The highest BCUT2D eigenvalue weighted by Crippen LogP contribution is 2.18. The van der Waals surface area contributed by atoms with Crippen LogP contribution in [0.4, 0.5) is 0 Å². The molecule has 0 fully saturated rings. The van der Waals surface area contributed by atoms with Crippen LogP contribution in [0.2, 0.25) is 0 Å². The van der Waals surface area contributed by atoms with Crippen LogP contribution in [0.5, 0.6) is 0 Å². The van der Waals surface area contributed by atoms with Gasteiger partial charge >= 0.3 is 0 Å². The first kappa shape index (κ1) is 8.25. The summed E-state index contributed by atoms with van der Waals surface area (Å²) in [7, 11) is 0. The standard InChI is InChI=1S/C10H14O/c1-2-3-4-5-9-6-7-10(11)8-9/h3-4,8H,2,5-7H2,1H3/b4-3-. The lowest BCUT2D eigenvalue weighted by Gasteiger charge is -1.91. The topological polar surface area (TPSA) is 17.1 Å². The summed E-state index contributed by atoms with van der Waals surface area (Å²) in [6.07, 6.45) is 9.84. The largest absolute Gasteiger partial charge is 0.295 e. The van der Waals surface area contributed by atoms with Crippen LogP contribution in [-0.4, -0.2) is 5.78 Å². The predicted molar refractivity (Wildman–Crippen MR) is 46.4 cm³/mol. The van der Waals surface area contributed by atoms with E-state index < -0.39 is 0 Å². The third-order valence-corrected chi connectivity index (χ3v) is 1.84. The molecule has 0 aromatic carbocycles. The molecule has 0 radical (unpaired) electrons. The lowest BCUT2D eigenvalue weighted by Crippen LogP contribution is -1.80. The maximum absolute atomic E-state index is 10.8. The first-order valence-electron chi connectivity index (χ1n) is 4.20. The van der Waals surface area contributed by atoms with E-state index in [0.29, 0.717) is 5.78 Å². The second kappa shape index (κ2) is 4.12. The Morgan fingerprint density at radius 3 is 2.82 bits per heavy atom. The fraction of sp³-hybridized carbons (Fsp3) is 0.500. The van der Waals surface area contributed by atoms with Gasteiger partial charge in [-0.3, -0.25) is 4.79 Å². The van der Waals surface area contributed by atoms with Gasteiger partial charge in [0.05, 0.1) is 0 Å². The third kappa shape index (κ3) is 2.71. The number of rotatable bonds is 3. The van der Waals surface area contributed by atoms with Crippen molar-refractivity contribution in [1.82, 2.24) is 0 Å². The van der Waals surface area contributed by atoms with Crippen molar-refractivity contribution in [2.75, 3.05) is 0 Å². The third-order valence-electron chi connectivity index (χ3n) is 1.84. The van der Waals surface area contributed by atoms with Gasteiger partial charge < -0.3 is 0 Å². The maximum Gasteiger partial charge on any atom is 0.155 e. The zero-order valence-corrected chi connectivity index (χ0v) is 6.97. The number of hydrogen-bond acceptors (Lipinski definition) is 1. The van der Waals surface area contributed by atoms with Crippen molar-refractivity contribution in [3.8, 4) is 0 Å². The minimum absolute atomic E-state index is 0.296. The van der Waals surface area contributed by atoms with Gasteiger partial charge in [-0.05, 0) is 25.3 Å². The summed E-state index contributed by atoms with van der Waals surface area (Å²) in [5, 5.41) is 0. The van der Waals surface area contributed by atoms with E-state index in [2.05, 4.69) is 19.1 Å². The summed E-state index contributed by atoms with van der Waals surface area (Å²) in [6, 6.07) is 0. The molecule has 0 saturated carbocycles. The summed E-state index contributed by atoms with van der Waals surface area (Å²) >= 11 is 0. The van der Waals surface area contributed by atoms with E-state index in [-0.39, 0.29) is 0 Å². The molecule has 0 heterocycles. The van der Waals surface area contributed by atoms with E-state index in [4.69, 9.17) is 0 Å². The molecule has 0 bridgehead atoms. The molecule has 1 nitrogen and oxygen atoms in total. The van der Waals surface area contributed by atoms with Gasteiger partial charge in [0.25, 0.3) is 0 Å². The first-order chi connectivity index (χ1) is 5.33. The molecular weight excluding hydrogens is 136 g/mol. The van der Waals surface area contributed by atoms with E-state index in [1.807, 2.05) is 0 Å². The van der Waals surface area contributed by atoms with E-state index in [1.54, 1.807) is 6.08 Å². The Balaban J connectivity index is 2.33. The van der Waals surface area contributed by atoms with Crippen LogP contribution in [0.15, 0.2) is 23.8 Å². The summed E-state index contributed by atoms with van der Waals surface area (Å²) in [5.41, 5.74) is 1.29. The zero-order valence-electron chi connectivity index (χ0n) is 6.97. The van der Waals surface area contributed by atoms with Gasteiger partial charge in [0.15, 0.2) is 5.78 Å². The summed E-state index contributed by atoms with van der Waals surface area (Å²) in [4.78, 5) is 10.8. The molecule has 0 N–H and O–H groups in total. The van der Waals surface area contributed by atoms with Gasteiger partial charge in [0, 0.05) is 6.42 Å². The van der Waals surface area contributed by atoms with Crippen molar-refractivity contribution < 1.29 is 4.79 Å². The average Bonchev–Trinajstić information content (AvgIpc) is 2.37. The molecular formula is C10H14O. The van der Waals surface area contributed by atoms with Crippen molar-refractivity contribution in [2.24, 2.45) is 0 Å². The minimum Gasteiger partial charge on any atom is -0.295 e. The Bertz CT molecular complexity index is 199. The Morgan fingerprint density at radius 1 is 1.45 bits per heavy atom. The molecule has 1 rings (SSSR count). The van der Waals surface area contributed by atoms with Gasteiger partial charge in [-0.25, -0.2) is 0 Å². The van der Waals surface area contributed by atoms with Crippen molar-refractivity contribution >= 4 is 5.78 Å². The van der Waals surface area contributed by atoms with Crippen molar-refractivity contribution in [3.05, 3.63) is 23.8 Å².